The molecule has 0 aliphatic carbocycles. The van der Waals surface area contributed by atoms with Gasteiger partial charge in [-0.2, -0.15) is 4.31 Å². The molecule has 2 aromatic carbocycles. The highest BCUT2D eigenvalue weighted by molar-refractivity contribution is 7.89. The Morgan fingerprint density at radius 1 is 0.939 bits per heavy atom. The van der Waals surface area contributed by atoms with E-state index in [-0.39, 0.29) is 24.5 Å². The number of hydrogen-bond acceptors (Lipinski definition) is 8. The van der Waals surface area contributed by atoms with Crippen LogP contribution in [0.5, 0.6) is 23.0 Å². The molecule has 3 rings (SSSR count). The van der Waals surface area contributed by atoms with E-state index in [4.69, 9.17) is 23.7 Å². The van der Waals surface area contributed by atoms with Gasteiger partial charge in [-0.3, -0.25) is 4.79 Å². The molecule has 33 heavy (non-hydrogen) atoms. The minimum absolute atomic E-state index is 0.0398. The van der Waals surface area contributed by atoms with E-state index in [1.165, 1.54) is 50.9 Å². The summed E-state index contributed by atoms with van der Waals surface area (Å²) >= 11 is 0. The number of fused-ring (bicyclic) bond motifs is 1. The number of esters is 1. The van der Waals surface area contributed by atoms with E-state index >= 15 is 0 Å². The monoisotopic (exact) mass is 479 g/mol. The first-order valence-electron chi connectivity index (χ1n) is 10.4. The van der Waals surface area contributed by atoms with Crippen molar-refractivity contribution in [1.82, 2.24) is 4.31 Å². The molecule has 0 amide bonds. The minimum atomic E-state index is -3.99. The highest BCUT2D eigenvalue weighted by Gasteiger charge is 2.39. The molecule has 2 aromatic rings. The van der Waals surface area contributed by atoms with E-state index < -0.39 is 22.0 Å². The zero-order valence-electron chi connectivity index (χ0n) is 19.4. The first kappa shape index (κ1) is 24.7. The van der Waals surface area contributed by atoms with Gasteiger partial charge in [-0.25, -0.2) is 8.42 Å². The molecule has 0 bridgehead atoms. The molecule has 1 atom stereocenters. The summed E-state index contributed by atoms with van der Waals surface area (Å²) in [5.74, 6) is 1.22. The number of rotatable bonds is 9. The molecule has 1 heterocycles. The zero-order chi connectivity index (χ0) is 24.2. The fourth-order valence-electron chi connectivity index (χ4n) is 3.99. The average Bonchev–Trinajstić information content (AvgIpc) is 2.82. The van der Waals surface area contributed by atoms with Crippen molar-refractivity contribution in [3.8, 4) is 23.0 Å². The molecule has 1 aliphatic heterocycles. The summed E-state index contributed by atoms with van der Waals surface area (Å²) in [6.07, 6.45) is 0.310. The molecule has 0 fully saturated rings. The summed E-state index contributed by atoms with van der Waals surface area (Å²) in [6, 6.07) is 7.20. The van der Waals surface area contributed by atoms with Crippen LogP contribution in [0.1, 0.15) is 30.5 Å². The second-order valence-electron chi connectivity index (χ2n) is 7.31. The highest BCUT2D eigenvalue weighted by Crippen LogP contribution is 2.42. The van der Waals surface area contributed by atoms with Crippen LogP contribution in [0.4, 0.5) is 0 Å². The summed E-state index contributed by atoms with van der Waals surface area (Å²) in [5.41, 5.74) is 1.57. The third-order valence-electron chi connectivity index (χ3n) is 5.58. The van der Waals surface area contributed by atoms with Crippen molar-refractivity contribution >= 4 is 16.0 Å². The van der Waals surface area contributed by atoms with Crippen LogP contribution in [0.2, 0.25) is 0 Å². The van der Waals surface area contributed by atoms with Crippen LogP contribution >= 0.6 is 0 Å². The smallest absolute Gasteiger partial charge is 0.307 e. The van der Waals surface area contributed by atoms with Crippen molar-refractivity contribution in [2.24, 2.45) is 0 Å². The topological polar surface area (TPSA) is 101 Å². The van der Waals surface area contributed by atoms with Crippen LogP contribution < -0.4 is 18.9 Å². The summed E-state index contributed by atoms with van der Waals surface area (Å²) < 4.78 is 55.2. The zero-order valence-corrected chi connectivity index (χ0v) is 20.2. The van der Waals surface area contributed by atoms with Gasteiger partial charge in [0.15, 0.2) is 23.0 Å². The van der Waals surface area contributed by atoms with Crippen molar-refractivity contribution in [3.63, 3.8) is 0 Å². The summed E-state index contributed by atoms with van der Waals surface area (Å²) in [5, 5.41) is 0. The van der Waals surface area contributed by atoms with E-state index in [1.807, 2.05) is 6.07 Å². The molecule has 10 heteroatoms. The molecular formula is C23H29NO8S. The standard InChI is InChI=1S/C23H29NO8S/c1-6-32-23(25)14-18-17-13-22(31-5)20(29-3)11-15(17)9-10-24(18)33(26,27)16-7-8-19(28-2)21(12-16)30-4/h7-8,11-13,18H,6,9-10,14H2,1-5H3/t18-/m0/s1. The van der Waals surface area contributed by atoms with Crippen molar-refractivity contribution in [1.29, 1.82) is 0 Å². The Labute approximate surface area is 194 Å². The highest BCUT2D eigenvalue weighted by atomic mass is 32.2. The van der Waals surface area contributed by atoms with Gasteiger partial charge in [0.2, 0.25) is 10.0 Å². The van der Waals surface area contributed by atoms with Gasteiger partial charge in [0.05, 0.1) is 52.4 Å². The number of sulfonamides is 1. The molecule has 0 saturated heterocycles. The van der Waals surface area contributed by atoms with Gasteiger partial charge in [0, 0.05) is 12.6 Å². The number of hydrogen-bond donors (Lipinski definition) is 0. The van der Waals surface area contributed by atoms with Crippen LogP contribution in [0, 0.1) is 0 Å². The van der Waals surface area contributed by atoms with E-state index in [0.717, 1.165) is 5.56 Å². The SMILES string of the molecule is CCOC(=O)C[C@H]1c2cc(OC)c(OC)cc2CCN1S(=O)(=O)c1ccc(OC)c(OC)c1. The maximum Gasteiger partial charge on any atom is 0.307 e. The summed E-state index contributed by atoms with van der Waals surface area (Å²) in [4.78, 5) is 12.5. The Morgan fingerprint density at radius 2 is 1.55 bits per heavy atom. The second-order valence-corrected chi connectivity index (χ2v) is 9.20. The Hall–Kier alpha value is -2.98. The first-order chi connectivity index (χ1) is 15.8. The van der Waals surface area contributed by atoms with Gasteiger partial charge in [0.1, 0.15) is 0 Å². The van der Waals surface area contributed by atoms with Gasteiger partial charge in [-0.1, -0.05) is 0 Å². The van der Waals surface area contributed by atoms with Crippen molar-refractivity contribution < 1.29 is 36.9 Å². The molecule has 0 unspecified atom stereocenters. The molecule has 0 radical (unpaired) electrons. The lowest BCUT2D eigenvalue weighted by Gasteiger charge is -2.36. The third-order valence-corrected chi connectivity index (χ3v) is 7.48. The van der Waals surface area contributed by atoms with Gasteiger partial charge < -0.3 is 23.7 Å². The van der Waals surface area contributed by atoms with Gasteiger partial charge >= 0.3 is 5.97 Å². The molecular weight excluding hydrogens is 450 g/mol. The minimum Gasteiger partial charge on any atom is -0.493 e. The number of methoxy groups -OCH3 is 4. The van der Waals surface area contributed by atoms with Crippen molar-refractivity contribution in [2.45, 2.75) is 30.7 Å². The van der Waals surface area contributed by atoms with Crippen LogP contribution in [0.15, 0.2) is 35.2 Å². The fourth-order valence-corrected chi connectivity index (χ4v) is 5.62. The van der Waals surface area contributed by atoms with Crippen LogP contribution in [-0.2, 0) is 26.0 Å². The lowest BCUT2D eigenvalue weighted by molar-refractivity contribution is -0.144. The van der Waals surface area contributed by atoms with Crippen LogP contribution in [-0.4, -0.2) is 60.3 Å². The number of ether oxygens (including phenoxy) is 5. The lowest BCUT2D eigenvalue weighted by atomic mass is 9.91. The van der Waals surface area contributed by atoms with E-state index in [0.29, 0.717) is 35.0 Å². The Morgan fingerprint density at radius 3 is 2.15 bits per heavy atom. The molecule has 180 valence electrons. The first-order valence-corrected chi connectivity index (χ1v) is 11.9. The Kier molecular flexibility index (Phi) is 7.70. The van der Waals surface area contributed by atoms with Crippen LogP contribution in [0.25, 0.3) is 0 Å². The second kappa shape index (κ2) is 10.3. The maximum absolute atomic E-state index is 13.7. The van der Waals surface area contributed by atoms with E-state index in [9.17, 15) is 13.2 Å². The predicted octanol–water partition coefficient (Wildman–Crippen LogP) is 2.96. The maximum atomic E-state index is 13.7. The average molecular weight is 480 g/mol. The summed E-state index contributed by atoms with van der Waals surface area (Å²) in [6.45, 7) is 2.09. The Bertz CT molecular complexity index is 1120. The molecule has 0 aromatic heterocycles. The quantitative estimate of drug-likeness (QED) is 0.506. The van der Waals surface area contributed by atoms with E-state index in [2.05, 4.69) is 0 Å². The van der Waals surface area contributed by atoms with Gasteiger partial charge in [-0.05, 0) is 48.7 Å². The van der Waals surface area contributed by atoms with E-state index in [1.54, 1.807) is 13.0 Å². The molecule has 0 spiro atoms. The number of carbonyl (C=O) groups is 1. The molecule has 0 saturated carbocycles. The van der Waals surface area contributed by atoms with Crippen molar-refractivity contribution in [2.75, 3.05) is 41.6 Å². The largest absolute Gasteiger partial charge is 0.493 e. The number of carbonyl (C=O) groups excluding carboxylic acids is 1. The molecule has 9 nitrogen and oxygen atoms in total. The third kappa shape index (κ3) is 4.86. The predicted molar refractivity (Wildman–Crippen MR) is 121 cm³/mol. The summed E-state index contributed by atoms with van der Waals surface area (Å²) in [7, 11) is 1.97. The Balaban J connectivity index is 2.11. The fraction of sp³-hybridized carbons (Fsp3) is 0.435. The van der Waals surface area contributed by atoms with Crippen molar-refractivity contribution in [3.05, 3.63) is 41.5 Å². The number of nitrogens with zero attached hydrogens (tertiary/aromatic N) is 1. The number of benzene rings is 2. The molecule has 0 N–H and O–H groups in total. The molecule has 1 aliphatic rings. The normalized spacial score (nSPS) is 16.0. The van der Waals surface area contributed by atoms with Gasteiger partial charge in [0.25, 0.3) is 0 Å². The van der Waals surface area contributed by atoms with Crippen LogP contribution in [0.3, 0.4) is 0 Å². The lowest BCUT2D eigenvalue weighted by Crippen LogP contribution is -2.41. The van der Waals surface area contributed by atoms with Gasteiger partial charge in [-0.15, -0.1) is 0 Å².